The highest BCUT2D eigenvalue weighted by atomic mass is 32.2. The number of rotatable bonds is 6. The van der Waals surface area contributed by atoms with Crippen LogP contribution in [0.25, 0.3) is 0 Å². The molecule has 0 atom stereocenters. The maximum absolute atomic E-state index is 12.7. The number of amides is 1. The van der Waals surface area contributed by atoms with E-state index >= 15 is 0 Å². The number of hydrogen-bond donors (Lipinski definition) is 0. The summed E-state index contributed by atoms with van der Waals surface area (Å²) in [5, 5.41) is 7.78. The SMILES string of the molecule is CN(Cc1nncn1C)C(=O)Cc1ccc(S(=O)(=O)N2CCCCC2)cc1. The van der Waals surface area contributed by atoms with Gasteiger partial charge in [-0.3, -0.25) is 4.79 Å². The highest BCUT2D eigenvalue weighted by molar-refractivity contribution is 7.89. The van der Waals surface area contributed by atoms with Gasteiger partial charge in [-0.2, -0.15) is 4.31 Å². The van der Waals surface area contributed by atoms with Gasteiger partial charge in [0.25, 0.3) is 0 Å². The molecule has 1 aromatic carbocycles. The Labute approximate surface area is 159 Å². The third kappa shape index (κ3) is 4.54. The van der Waals surface area contributed by atoms with E-state index in [2.05, 4.69) is 10.2 Å². The number of carbonyl (C=O) groups excluding carboxylic acids is 1. The molecule has 0 unspecified atom stereocenters. The fraction of sp³-hybridized carbons (Fsp3) is 0.500. The first-order valence-electron chi connectivity index (χ1n) is 9.04. The average Bonchev–Trinajstić information content (AvgIpc) is 3.07. The van der Waals surface area contributed by atoms with Gasteiger partial charge in [0, 0.05) is 27.2 Å². The van der Waals surface area contributed by atoms with Gasteiger partial charge in [-0.25, -0.2) is 8.42 Å². The number of hydrogen-bond acceptors (Lipinski definition) is 5. The van der Waals surface area contributed by atoms with Crippen molar-refractivity contribution in [3.8, 4) is 0 Å². The standard InChI is InChI=1S/C18H25N5O3S/c1-21(13-17-20-19-14-22(17)2)18(24)12-15-6-8-16(9-7-15)27(25,26)23-10-4-3-5-11-23/h6-9,14H,3-5,10-13H2,1-2H3. The Hall–Kier alpha value is -2.26. The molecule has 0 N–H and O–H groups in total. The summed E-state index contributed by atoms with van der Waals surface area (Å²) in [5.41, 5.74) is 0.780. The van der Waals surface area contributed by atoms with Crippen molar-refractivity contribution in [2.24, 2.45) is 7.05 Å². The van der Waals surface area contributed by atoms with Gasteiger partial charge >= 0.3 is 0 Å². The Balaban J connectivity index is 1.63. The van der Waals surface area contributed by atoms with E-state index in [1.165, 1.54) is 0 Å². The molecule has 0 aliphatic carbocycles. The van der Waals surface area contributed by atoms with Crippen molar-refractivity contribution in [1.82, 2.24) is 24.0 Å². The Bertz CT molecular complexity index is 886. The Morgan fingerprint density at radius 1 is 1.15 bits per heavy atom. The molecule has 8 nitrogen and oxygen atoms in total. The summed E-state index contributed by atoms with van der Waals surface area (Å²) in [6.07, 6.45) is 4.69. The third-order valence-electron chi connectivity index (χ3n) is 4.84. The summed E-state index contributed by atoms with van der Waals surface area (Å²) >= 11 is 0. The molecular formula is C18H25N5O3S. The van der Waals surface area contributed by atoms with Gasteiger partial charge in [0.2, 0.25) is 15.9 Å². The lowest BCUT2D eigenvalue weighted by Gasteiger charge is -2.25. The summed E-state index contributed by atoms with van der Waals surface area (Å²) in [6, 6.07) is 6.61. The van der Waals surface area contributed by atoms with Crippen molar-refractivity contribution >= 4 is 15.9 Å². The molecule has 1 aliphatic heterocycles. The highest BCUT2D eigenvalue weighted by Gasteiger charge is 2.25. The molecule has 9 heteroatoms. The van der Waals surface area contributed by atoms with E-state index in [4.69, 9.17) is 0 Å². The first-order chi connectivity index (χ1) is 12.9. The molecule has 0 spiro atoms. The van der Waals surface area contributed by atoms with Crippen LogP contribution < -0.4 is 0 Å². The molecule has 1 fully saturated rings. The first kappa shape index (κ1) is 19.5. The number of aryl methyl sites for hydroxylation is 1. The third-order valence-corrected chi connectivity index (χ3v) is 6.75. The van der Waals surface area contributed by atoms with E-state index < -0.39 is 10.0 Å². The number of benzene rings is 1. The predicted molar refractivity (Wildman–Crippen MR) is 100 cm³/mol. The van der Waals surface area contributed by atoms with E-state index in [1.54, 1.807) is 51.4 Å². The second kappa shape index (κ2) is 8.18. The topological polar surface area (TPSA) is 88.4 Å². The predicted octanol–water partition coefficient (Wildman–Crippen LogP) is 1.19. The number of carbonyl (C=O) groups is 1. The van der Waals surface area contributed by atoms with Crippen LogP contribution in [0.4, 0.5) is 0 Å². The van der Waals surface area contributed by atoms with Gasteiger partial charge in [0.15, 0.2) is 5.82 Å². The molecule has 146 valence electrons. The zero-order valence-electron chi connectivity index (χ0n) is 15.7. The quantitative estimate of drug-likeness (QED) is 0.738. The lowest BCUT2D eigenvalue weighted by molar-refractivity contribution is -0.129. The van der Waals surface area contributed by atoms with Crippen molar-refractivity contribution in [2.45, 2.75) is 37.1 Å². The van der Waals surface area contributed by atoms with Crippen molar-refractivity contribution in [3.63, 3.8) is 0 Å². The van der Waals surface area contributed by atoms with Crippen molar-refractivity contribution in [1.29, 1.82) is 0 Å². The molecule has 1 amide bonds. The molecule has 0 saturated carbocycles. The second-order valence-electron chi connectivity index (χ2n) is 6.89. The van der Waals surface area contributed by atoms with E-state index in [9.17, 15) is 13.2 Å². The minimum Gasteiger partial charge on any atom is -0.338 e. The van der Waals surface area contributed by atoms with Crippen LogP contribution >= 0.6 is 0 Å². The van der Waals surface area contributed by atoms with E-state index in [-0.39, 0.29) is 17.2 Å². The molecule has 3 rings (SSSR count). The summed E-state index contributed by atoms with van der Waals surface area (Å²) < 4.78 is 28.7. The Morgan fingerprint density at radius 2 is 1.81 bits per heavy atom. The number of aromatic nitrogens is 3. The lowest BCUT2D eigenvalue weighted by Crippen LogP contribution is -2.35. The van der Waals surface area contributed by atoms with Gasteiger partial charge in [-0.15, -0.1) is 10.2 Å². The minimum atomic E-state index is -3.44. The minimum absolute atomic E-state index is 0.0652. The van der Waals surface area contributed by atoms with E-state index in [0.29, 0.717) is 25.5 Å². The first-order valence-corrected chi connectivity index (χ1v) is 10.5. The van der Waals surface area contributed by atoms with Crippen LogP contribution in [0.2, 0.25) is 0 Å². The molecule has 2 heterocycles. The summed E-state index contributed by atoms with van der Waals surface area (Å²) in [4.78, 5) is 14.3. The van der Waals surface area contributed by atoms with Gasteiger partial charge in [0.1, 0.15) is 6.33 Å². The van der Waals surface area contributed by atoms with Gasteiger partial charge in [-0.05, 0) is 30.5 Å². The summed E-state index contributed by atoms with van der Waals surface area (Å²) in [6.45, 7) is 1.53. The van der Waals surface area contributed by atoms with E-state index in [0.717, 1.165) is 24.8 Å². The molecule has 1 saturated heterocycles. The second-order valence-corrected chi connectivity index (χ2v) is 8.83. The number of nitrogens with zero attached hydrogens (tertiary/aromatic N) is 5. The van der Waals surface area contributed by atoms with Crippen LogP contribution in [0.1, 0.15) is 30.7 Å². The van der Waals surface area contributed by atoms with Gasteiger partial charge in [-0.1, -0.05) is 18.6 Å². The van der Waals surface area contributed by atoms with E-state index in [1.807, 2.05) is 7.05 Å². The Kier molecular flexibility index (Phi) is 5.91. The monoisotopic (exact) mass is 391 g/mol. The maximum atomic E-state index is 12.7. The lowest BCUT2D eigenvalue weighted by atomic mass is 10.1. The van der Waals surface area contributed by atoms with Crippen molar-refractivity contribution in [3.05, 3.63) is 42.0 Å². The molecule has 1 aromatic heterocycles. The van der Waals surface area contributed by atoms with Crippen LogP contribution in [0, 0.1) is 0 Å². The number of piperidine rings is 1. The van der Waals surface area contributed by atoms with Gasteiger partial charge in [0.05, 0.1) is 17.9 Å². The molecule has 1 aliphatic rings. The molecule has 0 radical (unpaired) electrons. The zero-order chi connectivity index (χ0) is 19.4. The fourth-order valence-electron chi connectivity index (χ4n) is 3.09. The molecule has 27 heavy (non-hydrogen) atoms. The summed E-state index contributed by atoms with van der Waals surface area (Å²) in [7, 11) is 0.100. The summed E-state index contributed by atoms with van der Waals surface area (Å²) in [5.74, 6) is 0.637. The average molecular weight is 391 g/mol. The fourth-order valence-corrected chi connectivity index (χ4v) is 4.61. The van der Waals surface area contributed by atoms with Crippen molar-refractivity contribution < 1.29 is 13.2 Å². The number of sulfonamides is 1. The van der Waals surface area contributed by atoms with Crippen LogP contribution in [-0.2, 0) is 34.8 Å². The molecule has 2 aromatic rings. The number of likely N-dealkylation sites (N-methyl/N-ethyl adjacent to an activating group) is 1. The molecule has 0 bridgehead atoms. The van der Waals surface area contributed by atoms with Crippen LogP contribution in [-0.4, -0.2) is 58.4 Å². The largest absolute Gasteiger partial charge is 0.338 e. The van der Waals surface area contributed by atoms with Crippen molar-refractivity contribution in [2.75, 3.05) is 20.1 Å². The molecular weight excluding hydrogens is 366 g/mol. The normalized spacial score (nSPS) is 15.6. The van der Waals surface area contributed by atoms with Crippen LogP contribution in [0.15, 0.2) is 35.5 Å². The Morgan fingerprint density at radius 3 is 2.41 bits per heavy atom. The smallest absolute Gasteiger partial charge is 0.243 e. The van der Waals surface area contributed by atoms with Gasteiger partial charge < -0.3 is 9.47 Å². The van der Waals surface area contributed by atoms with Crippen LogP contribution in [0.5, 0.6) is 0 Å². The van der Waals surface area contributed by atoms with Crippen LogP contribution in [0.3, 0.4) is 0 Å². The maximum Gasteiger partial charge on any atom is 0.243 e. The zero-order valence-corrected chi connectivity index (χ0v) is 16.5. The highest BCUT2D eigenvalue weighted by Crippen LogP contribution is 2.21.